The molecule has 588 valence electrons. The standard InChI is InChI=1S/C57H37N5.C36H24N2.C21H14BrN3/c1-4-17-36(18-5-1)55-58-56(37-19-6-2-7-20-37)60-57(59-55)40-23-16-26-44(33-40)62-50-30-15-13-28-46(50)52-48-35-42-32-39-22-11-10-21-38(39)31-41(42)34-47(48)51-45-27-12-14-29-49(45)61(53(51)54(52)62)43-24-8-3-9-25-43;1-2-12-26(13-3-1)38-32-17-9-7-15-28(32)34-30-21-25-19-23-11-5-4-10-22(23)18-24(25)20-29(30)33-27-14-6-8-16-31(27)37-35(33)36(34)38;22-18-13-7-12-17(14-18)21-24-19(15-8-3-1-4-9-15)23-20(25-21)16-10-5-2-6-11-16/h1-30,33-35H,31-32H2;1-17,20-21,37H,18-19H2;1-14H. The lowest BCUT2D eigenvalue weighted by Gasteiger charge is -2.21. The number of benzene rings is 18. The summed E-state index contributed by atoms with van der Waals surface area (Å²) in [5.41, 5.74) is 30.1. The number of fused-ring (bicyclic) bond motifs is 24. The third-order valence-corrected chi connectivity index (χ3v) is 25.7. The van der Waals surface area contributed by atoms with Gasteiger partial charge in [-0.3, -0.25) is 0 Å². The molecule has 0 radical (unpaired) electrons. The Morgan fingerprint density at radius 1 is 0.208 bits per heavy atom. The first-order valence-electron chi connectivity index (χ1n) is 42.6. The normalized spacial score (nSPS) is 12.2. The monoisotopic (exact) mass is 1660 g/mol. The van der Waals surface area contributed by atoms with Crippen LogP contribution >= 0.6 is 15.9 Å². The molecule has 10 nitrogen and oxygen atoms in total. The van der Waals surface area contributed by atoms with Crippen LogP contribution in [-0.2, 0) is 25.7 Å². The zero-order valence-electron chi connectivity index (χ0n) is 67.8. The molecule has 0 fully saturated rings. The van der Waals surface area contributed by atoms with Crippen LogP contribution in [0.15, 0.2) is 405 Å². The van der Waals surface area contributed by atoms with Crippen LogP contribution in [0, 0.1) is 0 Å². The molecule has 0 atom stereocenters. The molecule has 18 aromatic carbocycles. The van der Waals surface area contributed by atoms with Crippen molar-refractivity contribution in [2.45, 2.75) is 25.7 Å². The predicted molar refractivity (Wildman–Crippen MR) is 518 cm³/mol. The van der Waals surface area contributed by atoms with Crippen molar-refractivity contribution in [1.29, 1.82) is 0 Å². The Balaban J connectivity index is 0.000000117. The molecule has 2 aliphatic carbocycles. The van der Waals surface area contributed by atoms with E-state index in [-0.39, 0.29) is 0 Å². The summed E-state index contributed by atoms with van der Waals surface area (Å²) in [5.74, 6) is 3.91. The summed E-state index contributed by atoms with van der Waals surface area (Å²) in [6.45, 7) is 0. The van der Waals surface area contributed by atoms with Crippen LogP contribution in [0.3, 0.4) is 0 Å². The Morgan fingerprint density at radius 2 is 0.488 bits per heavy atom. The number of aromatic amines is 1. The van der Waals surface area contributed by atoms with E-state index in [2.05, 4.69) is 319 Å². The van der Waals surface area contributed by atoms with Gasteiger partial charge in [0.25, 0.3) is 0 Å². The molecule has 6 heterocycles. The van der Waals surface area contributed by atoms with Gasteiger partial charge in [-0.15, -0.1) is 0 Å². The van der Waals surface area contributed by atoms with Crippen molar-refractivity contribution in [3.8, 4) is 85.4 Å². The first kappa shape index (κ1) is 73.1. The first-order valence-corrected chi connectivity index (χ1v) is 43.4. The predicted octanol–water partition coefficient (Wildman–Crippen LogP) is 28.4. The summed E-state index contributed by atoms with van der Waals surface area (Å²) >= 11 is 3.52. The number of hydrogen-bond acceptors (Lipinski definition) is 6. The highest BCUT2D eigenvalue weighted by Crippen LogP contribution is 2.51. The van der Waals surface area contributed by atoms with Crippen LogP contribution in [0.4, 0.5) is 0 Å². The van der Waals surface area contributed by atoms with Crippen LogP contribution in [-0.4, -0.2) is 48.6 Å². The van der Waals surface area contributed by atoms with E-state index >= 15 is 0 Å². The zero-order valence-corrected chi connectivity index (χ0v) is 69.4. The van der Waals surface area contributed by atoms with Crippen LogP contribution in [0.25, 0.3) is 194 Å². The van der Waals surface area contributed by atoms with Gasteiger partial charge in [-0.2, -0.15) is 0 Å². The molecule has 125 heavy (non-hydrogen) atoms. The summed E-state index contributed by atoms with van der Waals surface area (Å²) in [7, 11) is 0. The number of halogens is 1. The minimum Gasteiger partial charge on any atom is -0.353 e. The van der Waals surface area contributed by atoms with Gasteiger partial charge in [0, 0.05) is 104 Å². The van der Waals surface area contributed by atoms with Crippen molar-refractivity contribution in [3.63, 3.8) is 0 Å². The SMILES string of the molecule is Brc1cccc(-c2nc(-c3ccccc3)nc(-c3ccccc3)n2)c1.c1ccc(-c2nc(-c3ccccc3)nc(-c3cccc(-n4c5ccccc5c5c6cc7c(cc6c6c8ccccc8n(-c8ccccc8)c6c54)Cc4ccccc4C7)c3)n2)cc1.c1ccc(-n2c3ccccc3c3c4cc5c(cc4c4c6ccccc6[nH]c4c32)Cc2ccccc2C5)cc1. The van der Waals surface area contributed by atoms with Crippen molar-refractivity contribution in [1.82, 2.24) is 48.6 Å². The zero-order chi connectivity index (χ0) is 82.6. The minimum atomic E-state index is 0.626. The van der Waals surface area contributed by atoms with Crippen molar-refractivity contribution < 1.29 is 0 Å². The van der Waals surface area contributed by atoms with Crippen molar-refractivity contribution >= 4 is 125 Å². The van der Waals surface area contributed by atoms with Crippen LogP contribution in [0.2, 0.25) is 0 Å². The van der Waals surface area contributed by atoms with E-state index in [1.807, 2.05) is 121 Å². The molecule has 0 saturated heterocycles. The Labute approximate surface area is 728 Å². The number of rotatable bonds is 9. The topological polar surface area (TPSA) is 108 Å². The summed E-state index contributed by atoms with van der Waals surface area (Å²) in [6.07, 6.45) is 3.85. The maximum atomic E-state index is 5.14. The fourth-order valence-corrected chi connectivity index (χ4v) is 20.0. The molecule has 0 unspecified atom stereocenters. The van der Waals surface area contributed by atoms with E-state index in [1.54, 1.807) is 0 Å². The molecule has 11 heteroatoms. The smallest absolute Gasteiger partial charge is 0.164 e. The van der Waals surface area contributed by atoms with Gasteiger partial charge < -0.3 is 18.7 Å². The molecule has 0 bridgehead atoms. The van der Waals surface area contributed by atoms with Gasteiger partial charge in [-0.05, 0) is 189 Å². The number of para-hydroxylation sites is 6. The van der Waals surface area contributed by atoms with Crippen molar-refractivity contribution in [3.05, 3.63) is 449 Å². The van der Waals surface area contributed by atoms with Gasteiger partial charge >= 0.3 is 0 Å². The Kier molecular flexibility index (Phi) is 17.8. The van der Waals surface area contributed by atoms with Gasteiger partial charge in [-0.25, -0.2) is 29.9 Å². The molecule has 0 aliphatic heterocycles. The van der Waals surface area contributed by atoms with Gasteiger partial charge in [0.2, 0.25) is 0 Å². The molecule has 1 N–H and O–H groups in total. The molecule has 0 spiro atoms. The van der Waals surface area contributed by atoms with Crippen molar-refractivity contribution in [2.24, 2.45) is 0 Å². The average molecular weight is 1660 g/mol. The third kappa shape index (κ3) is 12.7. The highest BCUT2D eigenvalue weighted by Gasteiger charge is 2.30. The summed E-state index contributed by atoms with van der Waals surface area (Å²) in [6, 6.07) is 142. The number of nitrogens with one attached hydrogen (secondary N) is 1. The second kappa shape index (κ2) is 30.4. The van der Waals surface area contributed by atoms with E-state index in [4.69, 9.17) is 24.9 Å². The van der Waals surface area contributed by atoms with Crippen molar-refractivity contribution in [2.75, 3.05) is 0 Å². The fraction of sp³-hybridized carbons (Fsp3) is 0.0351. The van der Waals surface area contributed by atoms with E-state index in [9.17, 15) is 0 Å². The second-order valence-corrected chi connectivity index (χ2v) is 33.5. The van der Waals surface area contributed by atoms with Gasteiger partial charge in [0.1, 0.15) is 0 Å². The number of hydrogen-bond donors (Lipinski definition) is 1. The average Bonchev–Trinajstić information content (AvgIpc) is 1.53. The van der Waals surface area contributed by atoms with Crippen LogP contribution in [0.5, 0.6) is 0 Å². The maximum Gasteiger partial charge on any atom is 0.164 e. The fourth-order valence-electron chi connectivity index (χ4n) is 19.6. The Morgan fingerprint density at radius 3 is 0.880 bits per heavy atom. The molecule has 26 rings (SSSR count). The van der Waals surface area contributed by atoms with E-state index in [0.717, 1.165) is 80.4 Å². The van der Waals surface area contributed by atoms with Gasteiger partial charge in [0.15, 0.2) is 34.9 Å². The van der Waals surface area contributed by atoms with Gasteiger partial charge in [0.05, 0.1) is 38.6 Å². The summed E-state index contributed by atoms with van der Waals surface area (Å²) in [5, 5.41) is 15.5. The molecular weight excluding hydrogens is 1590 g/mol. The number of H-pyrrole nitrogens is 1. The van der Waals surface area contributed by atoms with Crippen LogP contribution in [0.1, 0.15) is 44.5 Å². The molecule has 24 aromatic rings. The molecule has 6 aromatic heterocycles. The summed E-state index contributed by atoms with van der Waals surface area (Å²) in [4.78, 5) is 33.2. The first-order chi connectivity index (χ1) is 61.9. The Hall–Kier alpha value is -15.8. The lowest BCUT2D eigenvalue weighted by Crippen LogP contribution is -2.07. The molecule has 0 saturated carbocycles. The minimum absolute atomic E-state index is 0.626. The maximum absolute atomic E-state index is 5.14. The lowest BCUT2D eigenvalue weighted by atomic mass is 9.83. The second-order valence-electron chi connectivity index (χ2n) is 32.5. The Bertz CT molecular complexity index is 8290. The van der Waals surface area contributed by atoms with E-state index in [0.29, 0.717) is 34.9 Å². The van der Waals surface area contributed by atoms with Gasteiger partial charge in [-0.1, -0.05) is 319 Å². The van der Waals surface area contributed by atoms with E-state index < -0.39 is 0 Å². The lowest BCUT2D eigenvalue weighted by molar-refractivity contribution is 1.01. The highest BCUT2D eigenvalue weighted by atomic mass is 79.9. The summed E-state index contributed by atoms with van der Waals surface area (Å²) < 4.78 is 8.43. The third-order valence-electron chi connectivity index (χ3n) is 25.2. The molecular formula is C114H75BrN10. The largest absolute Gasteiger partial charge is 0.353 e. The molecule has 2 aliphatic rings. The van der Waals surface area contributed by atoms with Crippen LogP contribution < -0.4 is 0 Å². The number of nitrogens with zero attached hydrogens (tertiary/aromatic N) is 9. The number of aromatic nitrogens is 10. The molecule has 0 amide bonds. The highest BCUT2D eigenvalue weighted by molar-refractivity contribution is 9.10. The quantitative estimate of drug-likeness (QED) is 0.154. The van der Waals surface area contributed by atoms with E-state index in [1.165, 1.54) is 153 Å².